The molecule has 0 aromatic heterocycles. The zero-order valence-corrected chi connectivity index (χ0v) is 10.6. The quantitative estimate of drug-likeness (QED) is 0.735. The molecule has 0 spiro atoms. The highest BCUT2D eigenvalue weighted by atomic mass is 16.5. The molecule has 0 fully saturated rings. The van der Waals surface area contributed by atoms with Crippen molar-refractivity contribution in [2.75, 3.05) is 13.2 Å². The highest BCUT2D eigenvalue weighted by molar-refractivity contribution is 5.77. The van der Waals surface area contributed by atoms with Gasteiger partial charge in [0.2, 0.25) is 5.91 Å². The molecule has 3 heteroatoms. The number of carbonyl (C=O) groups excluding carboxylic acids is 1. The highest BCUT2D eigenvalue weighted by Gasteiger charge is 2.07. The SMILES string of the molecule is CCCOCC(=O)NC(C)Cc1ccccc1. The molecule has 1 aromatic rings. The number of benzene rings is 1. The third kappa shape index (κ3) is 6.07. The van der Waals surface area contributed by atoms with Crippen molar-refractivity contribution in [2.45, 2.75) is 32.7 Å². The smallest absolute Gasteiger partial charge is 0.246 e. The highest BCUT2D eigenvalue weighted by Crippen LogP contribution is 2.02. The molecule has 0 saturated carbocycles. The lowest BCUT2D eigenvalue weighted by molar-refractivity contribution is -0.126. The van der Waals surface area contributed by atoms with Crippen molar-refractivity contribution in [3.8, 4) is 0 Å². The zero-order valence-electron chi connectivity index (χ0n) is 10.6. The van der Waals surface area contributed by atoms with Gasteiger partial charge in [-0.05, 0) is 25.3 Å². The van der Waals surface area contributed by atoms with Crippen LogP contribution in [0.25, 0.3) is 0 Å². The minimum atomic E-state index is -0.0399. The fraction of sp³-hybridized carbons (Fsp3) is 0.500. The van der Waals surface area contributed by atoms with Gasteiger partial charge in [-0.25, -0.2) is 0 Å². The van der Waals surface area contributed by atoms with Crippen LogP contribution in [0.2, 0.25) is 0 Å². The van der Waals surface area contributed by atoms with Gasteiger partial charge in [0.25, 0.3) is 0 Å². The maximum absolute atomic E-state index is 11.5. The maximum Gasteiger partial charge on any atom is 0.246 e. The Morgan fingerprint density at radius 1 is 1.35 bits per heavy atom. The van der Waals surface area contributed by atoms with Crippen LogP contribution < -0.4 is 5.32 Å². The van der Waals surface area contributed by atoms with Gasteiger partial charge in [-0.15, -0.1) is 0 Å². The normalized spacial score (nSPS) is 12.1. The summed E-state index contributed by atoms with van der Waals surface area (Å²) < 4.78 is 5.18. The van der Waals surface area contributed by atoms with Crippen molar-refractivity contribution in [3.63, 3.8) is 0 Å². The van der Waals surface area contributed by atoms with Gasteiger partial charge < -0.3 is 10.1 Å². The number of nitrogens with one attached hydrogen (secondary N) is 1. The molecule has 1 atom stereocenters. The van der Waals surface area contributed by atoms with Crippen LogP contribution in [0.3, 0.4) is 0 Å². The van der Waals surface area contributed by atoms with E-state index < -0.39 is 0 Å². The molecule has 3 nitrogen and oxygen atoms in total. The van der Waals surface area contributed by atoms with E-state index in [2.05, 4.69) is 17.4 Å². The van der Waals surface area contributed by atoms with Crippen molar-refractivity contribution in [1.29, 1.82) is 0 Å². The molecular weight excluding hydrogens is 214 g/mol. The van der Waals surface area contributed by atoms with Crippen molar-refractivity contribution in [2.24, 2.45) is 0 Å². The molecule has 17 heavy (non-hydrogen) atoms. The van der Waals surface area contributed by atoms with E-state index in [1.807, 2.05) is 32.0 Å². The first-order chi connectivity index (χ1) is 8.22. The topological polar surface area (TPSA) is 38.3 Å². The van der Waals surface area contributed by atoms with Crippen LogP contribution in [0.5, 0.6) is 0 Å². The van der Waals surface area contributed by atoms with Crippen LogP contribution in [0.4, 0.5) is 0 Å². The van der Waals surface area contributed by atoms with Gasteiger partial charge in [-0.3, -0.25) is 4.79 Å². The van der Waals surface area contributed by atoms with Crippen molar-refractivity contribution in [1.82, 2.24) is 5.32 Å². The molecule has 0 aliphatic rings. The lowest BCUT2D eigenvalue weighted by Crippen LogP contribution is -2.36. The lowest BCUT2D eigenvalue weighted by Gasteiger charge is -2.14. The molecule has 1 aromatic carbocycles. The first-order valence-corrected chi connectivity index (χ1v) is 6.13. The number of carbonyl (C=O) groups is 1. The molecule has 0 bridgehead atoms. The Morgan fingerprint density at radius 2 is 2.06 bits per heavy atom. The lowest BCUT2D eigenvalue weighted by atomic mass is 10.1. The van der Waals surface area contributed by atoms with Crippen molar-refractivity contribution in [3.05, 3.63) is 35.9 Å². The fourth-order valence-corrected chi connectivity index (χ4v) is 1.64. The largest absolute Gasteiger partial charge is 0.372 e. The summed E-state index contributed by atoms with van der Waals surface area (Å²) in [6.07, 6.45) is 1.78. The molecule has 1 unspecified atom stereocenters. The van der Waals surface area contributed by atoms with Crippen molar-refractivity contribution >= 4 is 5.91 Å². The van der Waals surface area contributed by atoms with E-state index in [9.17, 15) is 4.79 Å². The minimum Gasteiger partial charge on any atom is -0.372 e. The first kappa shape index (κ1) is 13.7. The van der Waals surface area contributed by atoms with Gasteiger partial charge in [-0.1, -0.05) is 37.3 Å². The Hall–Kier alpha value is -1.35. The van der Waals surface area contributed by atoms with Gasteiger partial charge in [0, 0.05) is 12.6 Å². The molecule has 0 aliphatic carbocycles. The standard InChI is InChI=1S/C14H21NO2/c1-3-9-17-11-14(16)15-12(2)10-13-7-5-4-6-8-13/h4-8,12H,3,9-11H2,1-2H3,(H,15,16). The summed E-state index contributed by atoms with van der Waals surface area (Å²) in [5.41, 5.74) is 1.23. The van der Waals surface area contributed by atoms with E-state index in [1.54, 1.807) is 0 Å². The summed E-state index contributed by atoms with van der Waals surface area (Å²) in [7, 11) is 0. The molecule has 1 amide bonds. The summed E-state index contributed by atoms with van der Waals surface area (Å²) in [5.74, 6) is -0.0399. The third-order valence-electron chi connectivity index (χ3n) is 2.37. The number of ether oxygens (including phenoxy) is 1. The Bertz CT molecular complexity index is 324. The molecule has 0 radical (unpaired) electrons. The average Bonchev–Trinajstić information content (AvgIpc) is 2.30. The third-order valence-corrected chi connectivity index (χ3v) is 2.37. The second kappa shape index (κ2) is 7.85. The van der Waals surface area contributed by atoms with E-state index in [-0.39, 0.29) is 18.6 Å². The van der Waals surface area contributed by atoms with E-state index in [4.69, 9.17) is 4.74 Å². The minimum absolute atomic E-state index is 0.0399. The van der Waals surface area contributed by atoms with Crippen LogP contribution in [0.15, 0.2) is 30.3 Å². The predicted molar refractivity (Wildman–Crippen MR) is 68.9 cm³/mol. The van der Waals surface area contributed by atoms with Crippen LogP contribution >= 0.6 is 0 Å². The number of hydrogen-bond acceptors (Lipinski definition) is 2. The second-order valence-electron chi connectivity index (χ2n) is 4.21. The summed E-state index contributed by atoms with van der Waals surface area (Å²) in [6, 6.07) is 10.3. The molecule has 1 N–H and O–H groups in total. The van der Waals surface area contributed by atoms with Crippen LogP contribution in [0, 0.1) is 0 Å². The van der Waals surface area contributed by atoms with Gasteiger partial charge in [-0.2, -0.15) is 0 Å². The number of rotatable bonds is 7. The monoisotopic (exact) mass is 235 g/mol. The molecule has 0 aliphatic heterocycles. The molecule has 94 valence electrons. The fourth-order valence-electron chi connectivity index (χ4n) is 1.64. The van der Waals surface area contributed by atoms with Gasteiger partial charge >= 0.3 is 0 Å². The van der Waals surface area contributed by atoms with E-state index in [0.717, 1.165) is 12.8 Å². The molecule has 1 rings (SSSR count). The molecule has 0 heterocycles. The van der Waals surface area contributed by atoms with Crippen LogP contribution in [-0.2, 0) is 16.0 Å². The summed E-state index contributed by atoms with van der Waals surface area (Å²) in [5, 5.41) is 2.92. The maximum atomic E-state index is 11.5. The Morgan fingerprint density at radius 3 is 2.71 bits per heavy atom. The molecule has 0 saturated heterocycles. The summed E-state index contributed by atoms with van der Waals surface area (Å²) in [4.78, 5) is 11.5. The van der Waals surface area contributed by atoms with Crippen LogP contribution in [-0.4, -0.2) is 25.2 Å². The Balaban J connectivity index is 2.25. The van der Waals surface area contributed by atoms with Gasteiger partial charge in [0.05, 0.1) is 0 Å². The predicted octanol–water partition coefficient (Wildman–Crippen LogP) is 2.16. The first-order valence-electron chi connectivity index (χ1n) is 6.13. The summed E-state index contributed by atoms with van der Waals surface area (Å²) >= 11 is 0. The van der Waals surface area contributed by atoms with Gasteiger partial charge in [0.15, 0.2) is 0 Å². The second-order valence-corrected chi connectivity index (χ2v) is 4.21. The Kier molecular flexibility index (Phi) is 6.33. The zero-order chi connectivity index (χ0) is 12.5. The van der Waals surface area contributed by atoms with Gasteiger partial charge in [0.1, 0.15) is 6.61 Å². The van der Waals surface area contributed by atoms with E-state index >= 15 is 0 Å². The molecular formula is C14H21NO2. The average molecular weight is 235 g/mol. The van der Waals surface area contributed by atoms with Crippen LogP contribution in [0.1, 0.15) is 25.8 Å². The Labute approximate surface area is 103 Å². The van der Waals surface area contributed by atoms with Crippen molar-refractivity contribution < 1.29 is 9.53 Å². The van der Waals surface area contributed by atoms with E-state index in [0.29, 0.717) is 6.61 Å². The number of amides is 1. The van der Waals surface area contributed by atoms with E-state index in [1.165, 1.54) is 5.56 Å². The number of hydrogen-bond donors (Lipinski definition) is 1. The summed E-state index contributed by atoms with van der Waals surface area (Å²) in [6.45, 7) is 4.83.